The molecule has 0 atom stereocenters. The Labute approximate surface area is 125 Å². The first-order valence-electron chi connectivity index (χ1n) is 6.02. The van der Waals surface area contributed by atoms with E-state index in [4.69, 9.17) is 5.73 Å². The molecule has 0 bridgehead atoms. The van der Waals surface area contributed by atoms with Crippen molar-refractivity contribution in [1.82, 2.24) is 0 Å². The molecule has 1 aromatic rings. The van der Waals surface area contributed by atoms with Gasteiger partial charge in [-0.1, -0.05) is 31.0 Å². The van der Waals surface area contributed by atoms with E-state index in [2.05, 4.69) is 10.3 Å². The quantitative estimate of drug-likeness (QED) is 0.440. The smallest absolute Gasteiger partial charge is 0.193 e. The van der Waals surface area contributed by atoms with Gasteiger partial charge in [-0.25, -0.2) is 0 Å². The number of rotatable bonds is 3. The van der Waals surface area contributed by atoms with Crippen molar-refractivity contribution < 1.29 is 5.11 Å². The first-order chi connectivity index (χ1) is 8.18. The third-order valence-corrected chi connectivity index (χ3v) is 3.12. The number of aliphatic imine (C=N–C) groups is 1. The lowest BCUT2D eigenvalue weighted by Crippen LogP contribution is -2.31. The topological polar surface area (TPSA) is 70.6 Å². The van der Waals surface area contributed by atoms with Crippen LogP contribution in [0.3, 0.4) is 0 Å². The number of guanidine groups is 1. The molecule has 0 amide bonds. The Bertz CT molecular complexity index is 388. The molecular formula is C13H20IN3O. The van der Waals surface area contributed by atoms with Crippen molar-refractivity contribution in [2.75, 3.05) is 11.9 Å². The lowest BCUT2D eigenvalue weighted by molar-refractivity contribution is 0.0575. The van der Waals surface area contributed by atoms with Crippen molar-refractivity contribution in [3.8, 4) is 0 Å². The average molecular weight is 361 g/mol. The molecule has 0 spiro atoms. The number of benzene rings is 1. The molecule has 18 heavy (non-hydrogen) atoms. The Hall–Kier alpha value is -0.820. The SMILES string of the molecule is I.NC(=NCC1(O)CCCC1)Nc1ccccc1. The van der Waals surface area contributed by atoms with Gasteiger partial charge in [-0.15, -0.1) is 24.0 Å². The standard InChI is InChI=1S/C13H19N3O.HI/c14-12(16-11-6-2-1-3-7-11)15-10-13(17)8-4-5-9-13;/h1-3,6-7,17H,4-5,8-10H2,(H3,14,15,16);1H. The Morgan fingerprint density at radius 1 is 1.28 bits per heavy atom. The number of nitrogens with zero attached hydrogens (tertiary/aromatic N) is 1. The van der Waals surface area contributed by atoms with Gasteiger partial charge in [0.05, 0.1) is 12.1 Å². The molecule has 1 aliphatic carbocycles. The second kappa shape index (κ2) is 6.94. The van der Waals surface area contributed by atoms with E-state index in [-0.39, 0.29) is 24.0 Å². The van der Waals surface area contributed by atoms with Crippen LogP contribution in [-0.2, 0) is 0 Å². The van der Waals surface area contributed by atoms with Crippen LogP contribution >= 0.6 is 24.0 Å². The summed E-state index contributed by atoms with van der Waals surface area (Å²) in [6.45, 7) is 0.388. The highest BCUT2D eigenvalue weighted by Crippen LogP contribution is 2.29. The van der Waals surface area contributed by atoms with Crippen LogP contribution in [0.25, 0.3) is 0 Å². The van der Waals surface area contributed by atoms with E-state index in [0.29, 0.717) is 12.5 Å². The first kappa shape index (κ1) is 15.2. The summed E-state index contributed by atoms with van der Waals surface area (Å²) in [7, 11) is 0. The van der Waals surface area contributed by atoms with Gasteiger partial charge < -0.3 is 16.2 Å². The van der Waals surface area contributed by atoms with Crippen LogP contribution in [0.2, 0.25) is 0 Å². The number of aliphatic hydroxyl groups is 1. The van der Waals surface area contributed by atoms with Crippen LogP contribution in [0.5, 0.6) is 0 Å². The van der Waals surface area contributed by atoms with Crippen molar-refractivity contribution in [3.63, 3.8) is 0 Å². The fourth-order valence-electron chi connectivity index (χ4n) is 2.13. The number of nitrogens with one attached hydrogen (secondary N) is 1. The van der Waals surface area contributed by atoms with Crippen LogP contribution in [0, 0.1) is 0 Å². The number of hydrogen-bond donors (Lipinski definition) is 3. The third-order valence-electron chi connectivity index (χ3n) is 3.12. The van der Waals surface area contributed by atoms with Crippen LogP contribution in [0.4, 0.5) is 5.69 Å². The number of para-hydroxylation sites is 1. The van der Waals surface area contributed by atoms with Crippen molar-refractivity contribution in [1.29, 1.82) is 0 Å². The van der Waals surface area contributed by atoms with Crippen LogP contribution in [0.15, 0.2) is 35.3 Å². The molecule has 4 N–H and O–H groups in total. The van der Waals surface area contributed by atoms with Crippen LogP contribution in [-0.4, -0.2) is 23.2 Å². The minimum atomic E-state index is -0.636. The number of hydrogen-bond acceptors (Lipinski definition) is 2. The monoisotopic (exact) mass is 361 g/mol. The molecule has 2 rings (SSSR count). The van der Waals surface area contributed by atoms with Crippen molar-refractivity contribution in [3.05, 3.63) is 30.3 Å². The van der Waals surface area contributed by atoms with Gasteiger partial charge in [-0.05, 0) is 25.0 Å². The van der Waals surface area contributed by atoms with Crippen molar-refractivity contribution in [2.45, 2.75) is 31.3 Å². The molecule has 0 radical (unpaired) electrons. The first-order valence-corrected chi connectivity index (χ1v) is 6.02. The molecule has 0 saturated heterocycles. The lowest BCUT2D eigenvalue weighted by atomic mass is 10.0. The van der Waals surface area contributed by atoms with E-state index < -0.39 is 5.60 Å². The van der Waals surface area contributed by atoms with Gasteiger partial charge in [-0.2, -0.15) is 0 Å². The molecule has 0 unspecified atom stereocenters. The Morgan fingerprint density at radius 3 is 2.50 bits per heavy atom. The normalized spacial score (nSPS) is 18.2. The summed E-state index contributed by atoms with van der Waals surface area (Å²) in [5, 5.41) is 13.1. The Balaban J connectivity index is 0.00000162. The minimum Gasteiger partial charge on any atom is -0.388 e. The number of nitrogens with two attached hydrogens (primary N) is 1. The molecule has 1 aromatic carbocycles. The molecule has 0 heterocycles. The lowest BCUT2D eigenvalue weighted by Gasteiger charge is -2.19. The molecule has 5 heteroatoms. The average Bonchev–Trinajstić information content (AvgIpc) is 2.76. The highest BCUT2D eigenvalue weighted by Gasteiger charge is 2.30. The van der Waals surface area contributed by atoms with Gasteiger partial charge in [0, 0.05) is 5.69 Å². The zero-order valence-corrected chi connectivity index (χ0v) is 12.6. The van der Waals surface area contributed by atoms with Crippen molar-refractivity contribution >= 4 is 35.6 Å². The third kappa shape index (κ3) is 4.45. The summed E-state index contributed by atoms with van der Waals surface area (Å²) in [4.78, 5) is 4.21. The zero-order valence-electron chi connectivity index (χ0n) is 10.3. The van der Waals surface area contributed by atoms with Gasteiger partial charge in [0.15, 0.2) is 5.96 Å². The number of halogens is 1. The maximum atomic E-state index is 10.1. The van der Waals surface area contributed by atoms with E-state index in [1.807, 2.05) is 30.3 Å². The molecule has 100 valence electrons. The predicted molar refractivity (Wildman–Crippen MR) is 85.4 cm³/mol. The summed E-state index contributed by atoms with van der Waals surface area (Å²) < 4.78 is 0. The van der Waals surface area contributed by atoms with E-state index in [9.17, 15) is 5.11 Å². The summed E-state index contributed by atoms with van der Waals surface area (Å²) in [5.41, 5.74) is 6.04. The summed E-state index contributed by atoms with van der Waals surface area (Å²) >= 11 is 0. The van der Waals surface area contributed by atoms with Gasteiger partial charge in [0.2, 0.25) is 0 Å². The van der Waals surface area contributed by atoms with Gasteiger partial charge >= 0.3 is 0 Å². The maximum Gasteiger partial charge on any atom is 0.193 e. The van der Waals surface area contributed by atoms with E-state index in [0.717, 1.165) is 31.4 Å². The maximum absolute atomic E-state index is 10.1. The fraction of sp³-hybridized carbons (Fsp3) is 0.462. The predicted octanol–water partition coefficient (Wildman–Crippen LogP) is 2.34. The molecule has 1 fully saturated rings. The highest BCUT2D eigenvalue weighted by atomic mass is 127. The minimum absolute atomic E-state index is 0. The summed E-state index contributed by atoms with van der Waals surface area (Å²) in [5.74, 6) is 0.358. The molecule has 0 aliphatic heterocycles. The molecule has 1 aliphatic rings. The summed E-state index contributed by atoms with van der Waals surface area (Å²) in [6.07, 6.45) is 3.82. The van der Waals surface area contributed by atoms with Gasteiger partial charge in [-0.3, -0.25) is 4.99 Å². The van der Waals surface area contributed by atoms with Gasteiger partial charge in [0.25, 0.3) is 0 Å². The van der Waals surface area contributed by atoms with Crippen LogP contribution < -0.4 is 11.1 Å². The van der Waals surface area contributed by atoms with E-state index in [1.165, 1.54) is 0 Å². The molecule has 0 aromatic heterocycles. The Kier molecular flexibility index (Phi) is 5.87. The van der Waals surface area contributed by atoms with E-state index >= 15 is 0 Å². The fourth-order valence-corrected chi connectivity index (χ4v) is 2.13. The molecule has 1 saturated carbocycles. The van der Waals surface area contributed by atoms with Crippen LogP contribution in [0.1, 0.15) is 25.7 Å². The highest BCUT2D eigenvalue weighted by molar-refractivity contribution is 14.0. The second-order valence-corrected chi connectivity index (χ2v) is 4.62. The number of anilines is 1. The van der Waals surface area contributed by atoms with Crippen molar-refractivity contribution in [2.24, 2.45) is 10.7 Å². The largest absolute Gasteiger partial charge is 0.388 e. The molecule has 4 nitrogen and oxygen atoms in total. The Morgan fingerprint density at radius 2 is 1.89 bits per heavy atom. The van der Waals surface area contributed by atoms with E-state index in [1.54, 1.807) is 0 Å². The second-order valence-electron chi connectivity index (χ2n) is 4.62. The molecular weight excluding hydrogens is 341 g/mol. The van der Waals surface area contributed by atoms with Gasteiger partial charge in [0.1, 0.15) is 0 Å². The summed E-state index contributed by atoms with van der Waals surface area (Å²) in [6, 6.07) is 9.65. The zero-order chi connectivity index (χ0) is 12.1.